The van der Waals surface area contributed by atoms with Gasteiger partial charge in [-0.25, -0.2) is 0 Å². The molecule has 0 amide bonds. The van der Waals surface area contributed by atoms with E-state index in [1.807, 2.05) is 12.1 Å². The van der Waals surface area contributed by atoms with E-state index in [4.69, 9.17) is 4.42 Å². The first-order valence-electron chi connectivity index (χ1n) is 6.14. The maximum absolute atomic E-state index is 5.44. The van der Waals surface area contributed by atoms with Crippen LogP contribution in [0.15, 0.2) is 38.4 Å². The highest BCUT2D eigenvalue weighted by atomic mass is 127. The monoisotopic (exact) mass is 439 g/mol. The number of nitrogens with zero attached hydrogens (tertiary/aromatic N) is 1. The summed E-state index contributed by atoms with van der Waals surface area (Å²) in [5, 5.41) is 6.68. The Bertz CT molecular complexity index is 437. The van der Waals surface area contributed by atoms with Crippen molar-refractivity contribution in [3.8, 4) is 0 Å². The van der Waals surface area contributed by atoms with E-state index in [0.717, 1.165) is 42.2 Å². The number of nitrogens with one attached hydrogen (secondary N) is 2. The summed E-state index contributed by atoms with van der Waals surface area (Å²) >= 11 is 3.29. The largest absolute Gasteiger partial charge is 0.454 e. The van der Waals surface area contributed by atoms with Crippen molar-refractivity contribution in [1.29, 1.82) is 0 Å². The molecule has 0 spiro atoms. The Morgan fingerprint density at radius 2 is 2.16 bits per heavy atom. The van der Waals surface area contributed by atoms with Crippen LogP contribution in [0.1, 0.15) is 18.6 Å². The first-order chi connectivity index (χ1) is 8.78. The number of guanidine groups is 1. The molecule has 19 heavy (non-hydrogen) atoms. The quantitative estimate of drug-likeness (QED) is 0.328. The molecule has 0 saturated heterocycles. The van der Waals surface area contributed by atoms with Crippen molar-refractivity contribution in [2.24, 2.45) is 4.99 Å². The predicted molar refractivity (Wildman–Crippen MR) is 92.2 cm³/mol. The van der Waals surface area contributed by atoms with Gasteiger partial charge < -0.3 is 15.1 Å². The zero-order chi connectivity index (χ0) is 12.8. The SMILES string of the molecule is CN=C(NCCc1ccc(Br)o1)NC1CC=CC1.I. The standard InChI is InChI=1S/C13H18BrN3O.HI/c1-15-13(17-10-4-2-3-5-10)16-9-8-11-6-7-12(14)18-11;/h2-3,6-7,10H,4-5,8-9H2,1H3,(H2,15,16,17);1H. The van der Waals surface area contributed by atoms with Gasteiger partial charge in [0.2, 0.25) is 0 Å². The van der Waals surface area contributed by atoms with E-state index in [1.54, 1.807) is 7.05 Å². The summed E-state index contributed by atoms with van der Waals surface area (Å²) in [4.78, 5) is 4.21. The highest BCUT2D eigenvalue weighted by molar-refractivity contribution is 14.0. The number of furan rings is 1. The molecule has 2 rings (SSSR count). The van der Waals surface area contributed by atoms with Crippen molar-refractivity contribution in [3.63, 3.8) is 0 Å². The minimum atomic E-state index is 0. The lowest BCUT2D eigenvalue weighted by Gasteiger charge is -2.16. The van der Waals surface area contributed by atoms with Crippen molar-refractivity contribution in [2.75, 3.05) is 13.6 Å². The Hall–Kier alpha value is -0.500. The normalized spacial score (nSPS) is 15.4. The molecule has 1 aromatic rings. The fraction of sp³-hybridized carbons (Fsp3) is 0.462. The Kier molecular flexibility index (Phi) is 7.52. The Labute approximate surface area is 139 Å². The molecule has 0 radical (unpaired) electrons. The van der Waals surface area contributed by atoms with Crippen LogP contribution in [0.2, 0.25) is 0 Å². The fourth-order valence-electron chi connectivity index (χ4n) is 1.91. The summed E-state index contributed by atoms with van der Waals surface area (Å²) in [5.41, 5.74) is 0. The van der Waals surface area contributed by atoms with Gasteiger partial charge in [-0.1, -0.05) is 12.2 Å². The average Bonchev–Trinajstić information content (AvgIpc) is 3.00. The van der Waals surface area contributed by atoms with Gasteiger partial charge in [0, 0.05) is 26.1 Å². The molecule has 1 aromatic heterocycles. The fourth-order valence-corrected chi connectivity index (χ4v) is 2.25. The van der Waals surface area contributed by atoms with Crippen LogP contribution in [0, 0.1) is 0 Å². The second kappa shape index (κ2) is 8.63. The molecule has 106 valence electrons. The van der Waals surface area contributed by atoms with E-state index in [2.05, 4.69) is 43.7 Å². The highest BCUT2D eigenvalue weighted by Gasteiger charge is 2.11. The van der Waals surface area contributed by atoms with E-state index in [-0.39, 0.29) is 24.0 Å². The summed E-state index contributed by atoms with van der Waals surface area (Å²) in [6.45, 7) is 0.805. The van der Waals surface area contributed by atoms with Gasteiger partial charge in [0.05, 0.1) is 0 Å². The molecule has 6 heteroatoms. The van der Waals surface area contributed by atoms with Crippen LogP contribution in [0.25, 0.3) is 0 Å². The molecule has 0 saturated carbocycles. The first kappa shape index (κ1) is 16.6. The van der Waals surface area contributed by atoms with E-state index in [9.17, 15) is 0 Å². The second-order valence-electron chi connectivity index (χ2n) is 4.24. The number of hydrogen-bond donors (Lipinski definition) is 2. The van der Waals surface area contributed by atoms with Crippen LogP contribution in [-0.4, -0.2) is 25.6 Å². The van der Waals surface area contributed by atoms with Gasteiger partial charge in [-0.15, -0.1) is 24.0 Å². The lowest BCUT2D eigenvalue weighted by atomic mass is 10.2. The highest BCUT2D eigenvalue weighted by Crippen LogP contribution is 2.14. The molecule has 0 aliphatic heterocycles. The smallest absolute Gasteiger partial charge is 0.191 e. The molecule has 1 aliphatic carbocycles. The Balaban J connectivity index is 0.00000180. The summed E-state index contributed by atoms with van der Waals surface area (Å²) < 4.78 is 6.21. The first-order valence-corrected chi connectivity index (χ1v) is 6.93. The Morgan fingerprint density at radius 3 is 2.74 bits per heavy atom. The van der Waals surface area contributed by atoms with Gasteiger partial charge in [-0.05, 0) is 40.9 Å². The van der Waals surface area contributed by atoms with Crippen LogP contribution >= 0.6 is 39.9 Å². The van der Waals surface area contributed by atoms with Crippen molar-refractivity contribution in [3.05, 3.63) is 34.7 Å². The molecule has 0 atom stereocenters. The number of hydrogen-bond acceptors (Lipinski definition) is 2. The molecule has 1 heterocycles. The third-order valence-electron chi connectivity index (χ3n) is 2.87. The van der Waals surface area contributed by atoms with E-state index < -0.39 is 0 Å². The van der Waals surface area contributed by atoms with Crippen LogP contribution in [0.4, 0.5) is 0 Å². The van der Waals surface area contributed by atoms with E-state index >= 15 is 0 Å². The van der Waals surface area contributed by atoms with Crippen molar-refractivity contribution < 1.29 is 4.42 Å². The van der Waals surface area contributed by atoms with Crippen LogP contribution in [0.3, 0.4) is 0 Å². The summed E-state index contributed by atoms with van der Waals surface area (Å²) in [7, 11) is 1.79. The Morgan fingerprint density at radius 1 is 1.42 bits per heavy atom. The van der Waals surface area contributed by atoms with Gasteiger partial charge in [0.15, 0.2) is 10.6 Å². The molecule has 0 unspecified atom stereocenters. The summed E-state index contributed by atoms with van der Waals surface area (Å²) in [6, 6.07) is 4.36. The van der Waals surface area contributed by atoms with Gasteiger partial charge in [-0.3, -0.25) is 4.99 Å². The van der Waals surface area contributed by atoms with E-state index in [1.165, 1.54) is 0 Å². The second-order valence-corrected chi connectivity index (χ2v) is 5.02. The number of rotatable bonds is 4. The van der Waals surface area contributed by atoms with Crippen molar-refractivity contribution in [2.45, 2.75) is 25.3 Å². The minimum absolute atomic E-state index is 0. The lowest BCUT2D eigenvalue weighted by molar-refractivity contribution is 0.485. The minimum Gasteiger partial charge on any atom is -0.454 e. The van der Waals surface area contributed by atoms with Gasteiger partial charge in [0.25, 0.3) is 0 Å². The molecule has 0 aromatic carbocycles. The average molecular weight is 440 g/mol. The molecule has 0 fully saturated rings. The summed E-state index contributed by atoms with van der Waals surface area (Å²) in [6.07, 6.45) is 7.39. The molecule has 4 nitrogen and oxygen atoms in total. The van der Waals surface area contributed by atoms with Gasteiger partial charge in [-0.2, -0.15) is 0 Å². The zero-order valence-corrected chi connectivity index (χ0v) is 14.8. The summed E-state index contributed by atoms with van der Waals surface area (Å²) in [5.74, 6) is 1.82. The van der Waals surface area contributed by atoms with Gasteiger partial charge >= 0.3 is 0 Å². The van der Waals surface area contributed by atoms with Crippen LogP contribution < -0.4 is 10.6 Å². The molecule has 1 aliphatic rings. The predicted octanol–water partition coefficient (Wildman–Crippen LogP) is 3.09. The number of aliphatic imine (C=N–C) groups is 1. The van der Waals surface area contributed by atoms with Crippen molar-refractivity contribution >= 4 is 45.9 Å². The third kappa shape index (κ3) is 5.56. The molecule has 0 bridgehead atoms. The van der Waals surface area contributed by atoms with Crippen LogP contribution in [-0.2, 0) is 6.42 Å². The molecular weight excluding hydrogens is 421 g/mol. The lowest BCUT2D eigenvalue weighted by Crippen LogP contribution is -2.43. The van der Waals surface area contributed by atoms with Gasteiger partial charge in [0.1, 0.15) is 5.76 Å². The maximum Gasteiger partial charge on any atom is 0.191 e. The maximum atomic E-state index is 5.44. The molecule has 2 N–H and O–H groups in total. The zero-order valence-electron chi connectivity index (χ0n) is 10.9. The topological polar surface area (TPSA) is 49.6 Å². The molecular formula is C13H19BrIN3O. The van der Waals surface area contributed by atoms with Crippen LogP contribution in [0.5, 0.6) is 0 Å². The third-order valence-corrected chi connectivity index (χ3v) is 3.29. The number of halogens is 2. The van der Waals surface area contributed by atoms with Crippen molar-refractivity contribution in [1.82, 2.24) is 10.6 Å². The van der Waals surface area contributed by atoms with E-state index in [0.29, 0.717) is 6.04 Å².